The van der Waals surface area contributed by atoms with Crippen molar-refractivity contribution in [3.8, 4) is 0 Å². The Kier molecular flexibility index (Phi) is 5.64. The Balaban J connectivity index is 1.35. The van der Waals surface area contributed by atoms with Gasteiger partial charge in [-0.05, 0) is 59.7 Å². The summed E-state index contributed by atoms with van der Waals surface area (Å²) in [7, 11) is 0. The van der Waals surface area contributed by atoms with Crippen LogP contribution in [0.15, 0.2) is 46.7 Å². The van der Waals surface area contributed by atoms with E-state index in [1.807, 2.05) is 29.6 Å². The van der Waals surface area contributed by atoms with Crippen LogP contribution >= 0.6 is 23.1 Å². The number of benzene rings is 1. The largest absolute Gasteiger partial charge is 0.349 e. The van der Waals surface area contributed by atoms with Gasteiger partial charge in [-0.3, -0.25) is 19.3 Å². The van der Waals surface area contributed by atoms with E-state index in [4.69, 9.17) is 0 Å². The number of hydrogen-bond acceptors (Lipinski definition) is 5. The highest BCUT2D eigenvalue weighted by Crippen LogP contribution is 2.33. The third-order valence-electron chi connectivity index (χ3n) is 4.96. The van der Waals surface area contributed by atoms with Crippen molar-refractivity contribution in [2.45, 2.75) is 31.7 Å². The Bertz CT molecular complexity index is 937. The summed E-state index contributed by atoms with van der Waals surface area (Å²) in [4.78, 5) is 39.6. The predicted octanol–water partition coefficient (Wildman–Crippen LogP) is 4.37. The van der Waals surface area contributed by atoms with Gasteiger partial charge < -0.3 is 5.32 Å². The highest BCUT2D eigenvalue weighted by Gasteiger charge is 2.35. The van der Waals surface area contributed by atoms with Gasteiger partial charge in [0.2, 0.25) is 5.91 Å². The maximum atomic E-state index is 12.5. The van der Waals surface area contributed by atoms with Gasteiger partial charge >= 0.3 is 0 Å². The van der Waals surface area contributed by atoms with Gasteiger partial charge in [0.05, 0.1) is 10.9 Å². The van der Waals surface area contributed by atoms with E-state index in [1.165, 1.54) is 27.4 Å². The predicted molar refractivity (Wildman–Crippen MR) is 112 cm³/mol. The number of carbonyl (C=O) groups excluding carboxylic acids is 3. The summed E-state index contributed by atoms with van der Waals surface area (Å²) in [5.41, 5.74) is 2.45. The summed E-state index contributed by atoms with van der Waals surface area (Å²) in [6.45, 7) is 0.104. The van der Waals surface area contributed by atoms with Crippen LogP contribution in [-0.4, -0.2) is 28.5 Å². The van der Waals surface area contributed by atoms with Crippen LogP contribution in [0, 0.1) is 0 Å². The Morgan fingerprint density at radius 2 is 2.07 bits per heavy atom. The third-order valence-corrected chi connectivity index (χ3v) is 6.68. The first-order valence-electron chi connectivity index (χ1n) is 9.28. The summed E-state index contributed by atoms with van der Waals surface area (Å²) >= 11 is 2.44. The van der Waals surface area contributed by atoms with Crippen molar-refractivity contribution in [3.63, 3.8) is 0 Å². The number of thiophene rings is 1. The fraction of sp³-hybridized carbons (Fsp3) is 0.286. The average Bonchev–Trinajstić information content (AvgIpc) is 3.29. The minimum absolute atomic E-state index is 0.00564. The van der Waals surface area contributed by atoms with Crippen LogP contribution in [-0.2, 0) is 16.0 Å². The van der Waals surface area contributed by atoms with Gasteiger partial charge in [-0.1, -0.05) is 30.3 Å². The molecule has 3 amide bonds. The maximum absolute atomic E-state index is 12.5. The van der Waals surface area contributed by atoms with Crippen LogP contribution in [0.1, 0.15) is 41.3 Å². The lowest BCUT2D eigenvalue weighted by atomic mass is 9.87. The van der Waals surface area contributed by atoms with Crippen molar-refractivity contribution in [3.05, 3.63) is 62.7 Å². The molecule has 0 spiro atoms. The van der Waals surface area contributed by atoms with Crippen molar-refractivity contribution in [1.82, 2.24) is 10.2 Å². The molecule has 7 heteroatoms. The van der Waals surface area contributed by atoms with Gasteiger partial charge in [0.1, 0.15) is 0 Å². The van der Waals surface area contributed by atoms with Crippen molar-refractivity contribution in [1.29, 1.82) is 0 Å². The van der Waals surface area contributed by atoms with Crippen LogP contribution in [0.2, 0.25) is 0 Å². The summed E-state index contributed by atoms with van der Waals surface area (Å²) in [5, 5.41) is 4.67. The second-order valence-electron chi connectivity index (χ2n) is 6.81. The lowest BCUT2D eigenvalue weighted by Crippen LogP contribution is -2.35. The van der Waals surface area contributed by atoms with Crippen molar-refractivity contribution in [2.24, 2.45) is 0 Å². The number of imide groups is 1. The van der Waals surface area contributed by atoms with Crippen molar-refractivity contribution in [2.75, 3.05) is 6.54 Å². The number of thioether (sulfide) groups is 1. The fourth-order valence-corrected chi connectivity index (χ4v) is 5.17. The number of nitrogens with one attached hydrogen (secondary N) is 1. The summed E-state index contributed by atoms with van der Waals surface area (Å²) in [6.07, 6.45) is 4.83. The first-order valence-corrected chi connectivity index (χ1v) is 11.0. The minimum Gasteiger partial charge on any atom is -0.349 e. The molecule has 0 unspecified atom stereocenters. The van der Waals surface area contributed by atoms with Gasteiger partial charge in [-0.15, -0.1) is 11.3 Å². The van der Waals surface area contributed by atoms with E-state index < -0.39 is 0 Å². The summed E-state index contributed by atoms with van der Waals surface area (Å²) < 4.78 is 0. The molecule has 1 aromatic carbocycles. The molecule has 0 radical (unpaired) electrons. The molecule has 0 bridgehead atoms. The van der Waals surface area contributed by atoms with Gasteiger partial charge in [0.15, 0.2) is 0 Å². The van der Waals surface area contributed by atoms with E-state index in [-0.39, 0.29) is 36.1 Å². The number of rotatable bonds is 5. The highest BCUT2D eigenvalue weighted by molar-refractivity contribution is 8.18. The third kappa shape index (κ3) is 4.05. The molecule has 28 heavy (non-hydrogen) atoms. The van der Waals surface area contributed by atoms with Gasteiger partial charge in [-0.25, -0.2) is 0 Å². The van der Waals surface area contributed by atoms with Crippen LogP contribution in [0.5, 0.6) is 0 Å². The molecular formula is C21H20N2O3S2. The Hall–Kier alpha value is -2.38. The van der Waals surface area contributed by atoms with Crippen LogP contribution in [0.25, 0.3) is 6.08 Å². The standard InChI is InChI=1S/C21H20N2O3S2/c24-19(22-17-9-3-6-14-5-1-2-8-16(14)17)10-11-23-20(25)18(28-21(23)26)13-15-7-4-12-27-15/h1-2,4-5,7-8,12-13,17H,3,6,9-11H2,(H,22,24)/b18-13-/t17-/m0/s1. The number of nitrogens with zero attached hydrogens (tertiary/aromatic N) is 1. The lowest BCUT2D eigenvalue weighted by Gasteiger charge is -2.26. The van der Waals surface area contributed by atoms with Crippen molar-refractivity contribution < 1.29 is 14.4 Å². The molecule has 1 aliphatic carbocycles. The van der Waals surface area contributed by atoms with Crippen LogP contribution < -0.4 is 5.32 Å². The van der Waals surface area contributed by atoms with E-state index in [0.29, 0.717) is 4.91 Å². The SMILES string of the molecule is O=C(CCN1C(=O)S/C(=C\c2cccs2)C1=O)N[C@H]1CCCc2ccccc21. The van der Waals surface area contributed by atoms with Crippen molar-refractivity contribution >= 4 is 46.2 Å². The zero-order valence-electron chi connectivity index (χ0n) is 15.2. The monoisotopic (exact) mass is 412 g/mol. The fourth-order valence-electron chi connectivity index (χ4n) is 3.58. The maximum Gasteiger partial charge on any atom is 0.293 e. The van der Waals surface area contributed by atoms with E-state index >= 15 is 0 Å². The Morgan fingerprint density at radius 3 is 2.89 bits per heavy atom. The zero-order chi connectivity index (χ0) is 19.5. The second-order valence-corrected chi connectivity index (χ2v) is 8.78. The van der Waals surface area contributed by atoms with E-state index in [9.17, 15) is 14.4 Å². The molecule has 5 nitrogen and oxygen atoms in total. The van der Waals surface area contributed by atoms with Gasteiger partial charge in [-0.2, -0.15) is 0 Å². The molecule has 1 saturated heterocycles. The molecule has 1 atom stereocenters. The zero-order valence-corrected chi connectivity index (χ0v) is 16.9. The molecular weight excluding hydrogens is 392 g/mol. The Morgan fingerprint density at radius 1 is 1.21 bits per heavy atom. The molecule has 1 N–H and O–H groups in total. The molecule has 1 aromatic heterocycles. The van der Waals surface area contributed by atoms with E-state index in [0.717, 1.165) is 35.9 Å². The first-order chi connectivity index (χ1) is 13.6. The lowest BCUT2D eigenvalue weighted by molar-refractivity contribution is -0.124. The topological polar surface area (TPSA) is 66.5 Å². The first kappa shape index (κ1) is 19.0. The molecule has 1 fully saturated rings. The van der Waals surface area contributed by atoms with E-state index in [2.05, 4.69) is 17.4 Å². The van der Waals surface area contributed by atoms with E-state index in [1.54, 1.807) is 6.08 Å². The highest BCUT2D eigenvalue weighted by atomic mass is 32.2. The quantitative estimate of drug-likeness (QED) is 0.741. The van der Waals surface area contributed by atoms with Gasteiger partial charge in [0.25, 0.3) is 11.1 Å². The van der Waals surface area contributed by atoms with Crippen LogP contribution in [0.3, 0.4) is 0 Å². The number of amides is 3. The van der Waals surface area contributed by atoms with Crippen LogP contribution in [0.4, 0.5) is 4.79 Å². The normalized spacial score (nSPS) is 20.5. The number of carbonyl (C=O) groups is 3. The smallest absolute Gasteiger partial charge is 0.293 e. The number of hydrogen-bond donors (Lipinski definition) is 1. The minimum atomic E-state index is -0.320. The molecule has 2 heterocycles. The molecule has 2 aliphatic rings. The molecule has 144 valence electrons. The van der Waals surface area contributed by atoms with Gasteiger partial charge in [0, 0.05) is 17.8 Å². The average molecular weight is 413 g/mol. The molecule has 0 saturated carbocycles. The summed E-state index contributed by atoms with van der Waals surface area (Å²) in [5.74, 6) is -0.456. The number of fused-ring (bicyclic) bond motifs is 1. The Labute approximate surface area is 171 Å². The summed E-state index contributed by atoms with van der Waals surface area (Å²) in [6, 6.07) is 12.0. The molecule has 1 aliphatic heterocycles. The second kappa shape index (κ2) is 8.32. The molecule has 4 rings (SSSR count). The molecule has 2 aromatic rings. The number of aryl methyl sites for hydroxylation is 1.